The van der Waals surface area contributed by atoms with Crippen LogP contribution in [0.3, 0.4) is 0 Å². The van der Waals surface area contributed by atoms with Gasteiger partial charge in [-0.3, -0.25) is 0 Å². The van der Waals surface area contributed by atoms with E-state index in [-0.39, 0.29) is 18.9 Å². The first-order valence-electron chi connectivity index (χ1n) is 1.99. The van der Waals surface area contributed by atoms with E-state index in [4.69, 9.17) is 0 Å². The molecule has 0 aromatic carbocycles. The first-order valence-corrected chi connectivity index (χ1v) is 2.99. The van der Waals surface area contributed by atoms with Crippen LogP contribution in [-0.4, -0.2) is 12.8 Å². The van der Waals surface area contributed by atoms with Crippen molar-refractivity contribution in [2.45, 2.75) is 13.0 Å². The van der Waals surface area contributed by atoms with Gasteiger partial charge in [0, 0.05) is 0 Å². The van der Waals surface area contributed by atoms with Crippen LogP contribution < -0.4 is 18.9 Å². The fourth-order valence-electron chi connectivity index (χ4n) is 0.160. The molecule has 0 aromatic heterocycles. The molecule has 0 spiro atoms. The maximum atomic E-state index is 11.3. The minimum atomic E-state index is -2.59. The monoisotopic (exact) mass is 148 g/mol. The molecule has 0 radical (unpaired) electrons. The van der Waals surface area contributed by atoms with Crippen molar-refractivity contribution < 1.29 is 35.9 Å². The third-order valence-electron chi connectivity index (χ3n) is 0.460. The Hall–Kier alpha value is 0.437. The van der Waals surface area contributed by atoms with Gasteiger partial charge in [0.25, 0.3) is 0 Å². The van der Waals surface area contributed by atoms with Crippen molar-refractivity contribution in [2.24, 2.45) is 0 Å². The molecule has 0 saturated heterocycles. The molecular weight excluding hydrogens is 142 g/mol. The van der Waals surface area contributed by atoms with Crippen molar-refractivity contribution in [3.63, 3.8) is 0 Å². The molecule has 0 saturated carbocycles. The van der Waals surface area contributed by atoms with Crippen molar-refractivity contribution in [1.29, 1.82) is 0 Å². The smallest absolute Gasteiger partial charge is 0.419 e. The summed E-state index contributed by atoms with van der Waals surface area (Å²) in [5, 5.41) is 0. The third-order valence-corrected chi connectivity index (χ3v) is 0.946. The Balaban J connectivity index is 0. The summed E-state index contributed by atoms with van der Waals surface area (Å²) in [5.74, 6) is 0. The normalized spacial score (nSPS) is 12.8. The van der Waals surface area contributed by atoms with Gasteiger partial charge in [-0.2, -0.15) is 0 Å². The standard InChI is InChI=1S/C3H6FO3S.Li/c1-3(2-4)7-8(5)6;/h3H,2H2,1H3;/q-1;+1. The predicted octanol–water partition coefficient (Wildman–Crippen LogP) is -2.41. The first-order chi connectivity index (χ1) is 3.66. The van der Waals surface area contributed by atoms with Crippen LogP contribution in [-0.2, 0) is 23.6 Å². The van der Waals surface area contributed by atoms with E-state index in [9.17, 15) is 12.8 Å². The van der Waals surface area contributed by atoms with Crippen molar-refractivity contribution in [3.8, 4) is 0 Å². The van der Waals surface area contributed by atoms with Gasteiger partial charge in [0.2, 0.25) is 0 Å². The van der Waals surface area contributed by atoms with Gasteiger partial charge in [0.1, 0.15) is 6.67 Å². The Kier molecular flexibility index (Phi) is 8.85. The van der Waals surface area contributed by atoms with Crippen LogP contribution in [0.2, 0.25) is 0 Å². The van der Waals surface area contributed by atoms with Crippen LogP contribution in [0.5, 0.6) is 0 Å². The molecule has 3 nitrogen and oxygen atoms in total. The summed E-state index contributed by atoms with van der Waals surface area (Å²) in [6.07, 6.45) is -0.853. The second kappa shape index (κ2) is 6.56. The molecule has 0 rings (SSSR count). The molecule has 0 aliphatic heterocycles. The summed E-state index contributed by atoms with van der Waals surface area (Å²) in [7, 11) is -2.59. The number of hydrogen-bond acceptors (Lipinski definition) is 4. The zero-order valence-corrected chi connectivity index (χ0v) is 6.11. The Morgan fingerprint density at radius 3 is 2.22 bits per heavy atom. The van der Waals surface area contributed by atoms with Crippen molar-refractivity contribution >= 4 is 11.0 Å². The van der Waals surface area contributed by atoms with E-state index in [0.29, 0.717) is 0 Å². The van der Waals surface area contributed by atoms with Gasteiger partial charge in [-0.05, 0) is 6.92 Å². The van der Waals surface area contributed by atoms with Gasteiger partial charge in [0.15, 0.2) is 0 Å². The predicted molar refractivity (Wildman–Crippen MR) is 25.3 cm³/mol. The maximum absolute atomic E-state index is 11.3. The molecule has 50 valence electrons. The van der Waals surface area contributed by atoms with Crippen LogP contribution in [0.4, 0.5) is 4.39 Å². The number of hydrogen-bond donors (Lipinski definition) is 0. The Bertz CT molecular complexity index is 118. The molecule has 0 heterocycles. The van der Waals surface area contributed by atoms with E-state index in [1.807, 2.05) is 0 Å². The third kappa shape index (κ3) is 8.44. The van der Waals surface area contributed by atoms with E-state index >= 15 is 0 Å². The molecule has 1 unspecified atom stereocenters. The molecule has 0 fully saturated rings. The summed E-state index contributed by atoms with van der Waals surface area (Å²) < 4.78 is 34.4. The van der Waals surface area contributed by atoms with Crippen LogP contribution in [0.25, 0.3) is 0 Å². The van der Waals surface area contributed by atoms with E-state index in [1.165, 1.54) is 6.92 Å². The summed E-state index contributed by atoms with van der Waals surface area (Å²) >= 11 is 0. The average molecular weight is 148 g/mol. The molecule has 6 heteroatoms. The molecule has 0 aliphatic carbocycles. The summed E-state index contributed by atoms with van der Waals surface area (Å²) in [5.41, 5.74) is 0. The van der Waals surface area contributed by atoms with Crippen molar-refractivity contribution in [1.82, 2.24) is 0 Å². The van der Waals surface area contributed by atoms with Crippen LogP contribution in [0.15, 0.2) is 0 Å². The molecule has 1 atom stereocenters. The Morgan fingerprint density at radius 2 is 2.11 bits per heavy atom. The Labute approximate surface area is 66.9 Å². The van der Waals surface area contributed by atoms with Crippen LogP contribution in [0.1, 0.15) is 6.92 Å². The number of rotatable bonds is 3. The molecule has 0 aromatic rings. The van der Waals surface area contributed by atoms with Gasteiger partial charge in [-0.1, -0.05) is 0 Å². The molecular formula is C3H6FLiO3S. The fraction of sp³-hybridized carbons (Fsp3) is 1.00. The average Bonchev–Trinajstić information content (AvgIpc) is 1.65. The minimum Gasteiger partial charge on any atom is -0.419 e. The molecule has 0 aliphatic rings. The van der Waals surface area contributed by atoms with Gasteiger partial charge in [-0.15, -0.1) is 0 Å². The first kappa shape index (κ1) is 12.1. The van der Waals surface area contributed by atoms with E-state index in [0.717, 1.165) is 0 Å². The SMILES string of the molecule is CC(CF)O[S-](=O)=O.[Li+]. The van der Waals surface area contributed by atoms with Crippen molar-refractivity contribution in [3.05, 3.63) is 0 Å². The van der Waals surface area contributed by atoms with Crippen LogP contribution >= 0.6 is 0 Å². The fourth-order valence-corrected chi connectivity index (χ4v) is 0.480. The summed E-state index contributed by atoms with van der Waals surface area (Å²) in [6.45, 7) is 0.545. The minimum absolute atomic E-state index is 0. The zero-order chi connectivity index (χ0) is 6.57. The van der Waals surface area contributed by atoms with Crippen molar-refractivity contribution in [2.75, 3.05) is 6.67 Å². The quantitative estimate of drug-likeness (QED) is 0.330. The molecule has 0 N–H and O–H groups in total. The second-order valence-electron chi connectivity index (χ2n) is 1.27. The largest absolute Gasteiger partial charge is 1.00 e. The van der Waals surface area contributed by atoms with Gasteiger partial charge in [-0.25, -0.2) is 4.39 Å². The van der Waals surface area contributed by atoms with E-state index in [1.54, 1.807) is 0 Å². The molecule has 0 bridgehead atoms. The summed E-state index contributed by atoms with van der Waals surface area (Å²) in [6, 6.07) is 0. The number of halogens is 1. The summed E-state index contributed by atoms with van der Waals surface area (Å²) in [4.78, 5) is 0. The maximum Gasteiger partial charge on any atom is 1.00 e. The zero-order valence-electron chi connectivity index (χ0n) is 5.30. The van der Waals surface area contributed by atoms with Crippen LogP contribution in [0, 0.1) is 0 Å². The molecule has 9 heavy (non-hydrogen) atoms. The van der Waals surface area contributed by atoms with E-state index in [2.05, 4.69) is 4.18 Å². The van der Waals surface area contributed by atoms with E-state index < -0.39 is 23.8 Å². The van der Waals surface area contributed by atoms with Gasteiger partial charge in [0.05, 0.1) is 17.1 Å². The topological polar surface area (TPSA) is 43.4 Å². The molecule has 0 amide bonds. The van der Waals surface area contributed by atoms with Gasteiger partial charge >= 0.3 is 18.9 Å². The Morgan fingerprint density at radius 1 is 1.67 bits per heavy atom. The second-order valence-corrected chi connectivity index (χ2v) is 1.87. The number of alkyl halides is 1. The van der Waals surface area contributed by atoms with Gasteiger partial charge < -0.3 is 12.6 Å².